The van der Waals surface area contributed by atoms with Crippen LogP contribution >= 0.6 is 11.8 Å². The van der Waals surface area contributed by atoms with Crippen molar-refractivity contribution in [3.05, 3.63) is 54.1 Å². The second-order valence-corrected chi connectivity index (χ2v) is 7.04. The van der Waals surface area contributed by atoms with Crippen LogP contribution < -0.4 is 4.74 Å². The molecule has 2 aromatic carbocycles. The summed E-state index contributed by atoms with van der Waals surface area (Å²) in [5.41, 5.74) is 3.04. The normalized spacial score (nSPS) is 10.7. The number of para-hydroxylation sites is 1. The number of thioether (sulfide) groups is 1. The molecule has 1 heterocycles. The highest BCUT2D eigenvalue weighted by Gasteiger charge is 2.18. The summed E-state index contributed by atoms with van der Waals surface area (Å²) >= 11 is 1.53. The number of hydrogen-bond acceptors (Lipinski definition) is 5. The molecule has 134 valence electrons. The number of methoxy groups -OCH3 is 1. The van der Waals surface area contributed by atoms with E-state index < -0.39 is 0 Å². The molecule has 0 N–H and O–H groups in total. The van der Waals surface area contributed by atoms with Crippen molar-refractivity contribution in [2.45, 2.75) is 25.4 Å². The van der Waals surface area contributed by atoms with Crippen LogP contribution in [0.5, 0.6) is 5.75 Å². The lowest BCUT2D eigenvalue weighted by molar-refractivity contribution is -0.116. The summed E-state index contributed by atoms with van der Waals surface area (Å²) in [7, 11) is 1.65. The predicted octanol–water partition coefficient (Wildman–Crippen LogP) is 4.32. The molecule has 0 unspecified atom stereocenters. The molecule has 0 aliphatic heterocycles. The van der Waals surface area contributed by atoms with Crippen LogP contribution in [0.1, 0.15) is 18.9 Å². The molecule has 0 aliphatic rings. The highest BCUT2D eigenvalue weighted by atomic mass is 32.2. The number of rotatable bonds is 7. The first kappa shape index (κ1) is 18.2. The number of carbonyl (C=O) groups is 1. The first-order chi connectivity index (χ1) is 12.6. The van der Waals surface area contributed by atoms with Gasteiger partial charge in [-0.1, -0.05) is 41.6 Å². The van der Waals surface area contributed by atoms with Crippen molar-refractivity contribution in [2.24, 2.45) is 0 Å². The Balaban J connectivity index is 2.08. The van der Waals surface area contributed by atoms with Crippen molar-refractivity contribution >= 4 is 17.5 Å². The summed E-state index contributed by atoms with van der Waals surface area (Å²) in [4.78, 5) is 11.3. The Morgan fingerprint density at radius 1 is 1.12 bits per heavy atom. The Bertz CT molecular complexity index is 904. The van der Waals surface area contributed by atoms with Gasteiger partial charge in [0.2, 0.25) is 0 Å². The molecule has 5 nitrogen and oxygen atoms in total. The second kappa shape index (κ2) is 8.19. The summed E-state index contributed by atoms with van der Waals surface area (Å²) in [6.07, 6.45) is 0.509. The smallest absolute Gasteiger partial charge is 0.196 e. The lowest BCUT2D eigenvalue weighted by Crippen LogP contribution is -2.02. The van der Waals surface area contributed by atoms with E-state index in [1.54, 1.807) is 14.0 Å². The molecule has 0 saturated heterocycles. The SMILES string of the molecule is COc1ccccc1-c1nnc(SCCC(C)=O)n1-c1ccc(C)cc1. The standard InChI is InChI=1S/C20H21N3O2S/c1-14-8-10-16(11-9-14)23-19(17-6-4-5-7-18(17)25-3)21-22-20(23)26-13-12-15(2)24/h4-11H,12-13H2,1-3H3. The van der Waals surface area contributed by atoms with Gasteiger partial charge in [0.25, 0.3) is 0 Å². The van der Waals surface area contributed by atoms with Crippen LogP contribution in [0.4, 0.5) is 0 Å². The van der Waals surface area contributed by atoms with Gasteiger partial charge in [0.1, 0.15) is 11.5 Å². The summed E-state index contributed by atoms with van der Waals surface area (Å²) in [5.74, 6) is 2.31. The molecule has 0 aliphatic carbocycles. The molecular formula is C20H21N3O2S. The van der Waals surface area contributed by atoms with Gasteiger partial charge in [0.05, 0.1) is 12.7 Å². The van der Waals surface area contributed by atoms with Crippen LogP contribution in [0.15, 0.2) is 53.7 Å². The topological polar surface area (TPSA) is 57.0 Å². The molecule has 0 spiro atoms. The number of Topliss-reactive ketones (excluding diaryl/α,β-unsaturated/α-hetero) is 1. The van der Waals surface area contributed by atoms with Crippen LogP contribution in [0.2, 0.25) is 0 Å². The average Bonchev–Trinajstić information content (AvgIpc) is 3.05. The number of benzene rings is 2. The van der Waals surface area contributed by atoms with Crippen LogP contribution in [0.25, 0.3) is 17.1 Å². The van der Waals surface area contributed by atoms with Crippen molar-refractivity contribution in [1.82, 2.24) is 14.8 Å². The minimum Gasteiger partial charge on any atom is -0.496 e. The van der Waals surface area contributed by atoms with E-state index in [9.17, 15) is 4.79 Å². The Morgan fingerprint density at radius 2 is 1.85 bits per heavy atom. The number of ketones is 1. The summed E-state index contributed by atoms with van der Waals surface area (Å²) in [6.45, 7) is 3.66. The van der Waals surface area contributed by atoms with E-state index in [4.69, 9.17) is 4.74 Å². The molecule has 1 aromatic heterocycles. The Morgan fingerprint density at radius 3 is 2.54 bits per heavy atom. The molecule has 0 fully saturated rings. The van der Waals surface area contributed by atoms with Gasteiger partial charge in [-0.3, -0.25) is 9.36 Å². The van der Waals surface area contributed by atoms with Crippen LogP contribution in [0.3, 0.4) is 0 Å². The minimum absolute atomic E-state index is 0.170. The fourth-order valence-corrected chi connectivity index (χ4v) is 3.57. The summed E-state index contributed by atoms with van der Waals surface area (Å²) in [5, 5.41) is 9.55. The molecule has 0 bridgehead atoms. The van der Waals surface area contributed by atoms with Gasteiger partial charge in [-0.05, 0) is 38.1 Å². The van der Waals surface area contributed by atoms with Crippen molar-refractivity contribution in [2.75, 3.05) is 12.9 Å². The lowest BCUT2D eigenvalue weighted by atomic mass is 10.1. The molecule has 0 atom stereocenters. The molecular weight excluding hydrogens is 346 g/mol. The number of carbonyl (C=O) groups excluding carboxylic acids is 1. The highest BCUT2D eigenvalue weighted by Crippen LogP contribution is 2.33. The van der Waals surface area contributed by atoms with Crippen LogP contribution in [0, 0.1) is 6.92 Å². The van der Waals surface area contributed by atoms with E-state index in [2.05, 4.69) is 29.3 Å². The van der Waals surface area contributed by atoms with E-state index in [0.717, 1.165) is 28.0 Å². The van der Waals surface area contributed by atoms with Crippen LogP contribution in [-0.4, -0.2) is 33.4 Å². The van der Waals surface area contributed by atoms with E-state index in [1.807, 2.05) is 41.0 Å². The van der Waals surface area contributed by atoms with Crippen LogP contribution in [-0.2, 0) is 4.79 Å². The molecule has 6 heteroatoms. The van der Waals surface area contributed by atoms with E-state index in [0.29, 0.717) is 12.2 Å². The Kier molecular flexibility index (Phi) is 5.73. The minimum atomic E-state index is 0.170. The van der Waals surface area contributed by atoms with Gasteiger partial charge in [0.15, 0.2) is 11.0 Å². The first-order valence-electron chi connectivity index (χ1n) is 8.38. The van der Waals surface area contributed by atoms with Gasteiger partial charge in [0, 0.05) is 17.9 Å². The number of aryl methyl sites for hydroxylation is 1. The molecule has 3 aromatic rings. The second-order valence-electron chi connectivity index (χ2n) is 5.98. The largest absolute Gasteiger partial charge is 0.496 e. The quantitative estimate of drug-likeness (QED) is 0.582. The average molecular weight is 367 g/mol. The fraction of sp³-hybridized carbons (Fsp3) is 0.250. The molecule has 0 amide bonds. The van der Waals surface area contributed by atoms with E-state index in [1.165, 1.54) is 17.3 Å². The fourth-order valence-electron chi connectivity index (χ4n) is 2.58. The maximum atomic E-state index is 11.3. The molecule has 3 rings (SSSR count). The predicted molar refractivity (Wildman–Crippen MR) is 104 cm³/mol. The number of hydrogen-bond donors (Lipinski definition) is 0. The number of aromatic nitrogens is 3. The molecule has 0 saturated carbocycles. The monoisotopic (exact) mass is 367 g/mol. The maximum absolute atomic E-state index is 11.3. The zero-order chi connectivity index (χ0) is 18.5. The third kappa shape index (κ3) is 3.96. The van der Waals surface area contributed by atoms with Gasteiger partial charge in [-0.15, -0.1) is 10.2 Å². The Hall–Kier alpha value is -2.60. The zero-order valence-corrected chi connectivity index (χ0v) is 15.9. The van der Waals surface area contributed by atoms with Gasteiger partial charge < -0.3 is 4.74 Å². The van der Waals surface area contributed by atoms with Gasteiger partial charge >= 0.3 is 0 Å². The zero-order valence-electron chi connectivity index (χ0n) is 15.1. The van der Waals surface area contributed by atoms with Crippen molar-refractivity contribution in [3.63, 3.8) is 0 Å². The maximum Gasteiger partial charge on any atom is 0.196 e. The molecule has 0 radical (unpaired) electrons. The van der Waals surface area contributed by atoms with E-state index in [-0.39, 0.29) is 5.78 Å². The first-order valence-corrected chi connectivity index (χ1v) is 9.37. The van der Waals surface area contributed by atoms with E-state index >= 15 is 0 Å². The third-order valence-electron chi connectivity index (χ3n) is 3.96. The van der Waals surface area contributed by atoms with Crippen molar-refractivity contribution < 1.29 is 9.53 Å². The van der Waals surface area contributed by atoms with Crippen molar-refractivity contribution in [3.8, 4) is 22.8 Å². The van der Waals surface area contributed by atoms with Gasteiger partial charge in [-0.25, -0.2) is 0 Å². The highest BCUT2D eigenvalue weighted by molar-refractivity contribution is 7.99. The number of ether oxygens (including phenoxy) is 1. The van der Waals surface area contributed by atoms with Crippen molar-refractivity contribution in [1.29, 1.82) is 0 Å². The Labute approximate surface area is 157 Å². The number of nitrogens with zero attached hydrogens (tertiary/aromatic N) is 3. The van der Waals surface area contributed by atoms with Gasteiger partial charge in [-0.2, -0.15) is 0 Å². The summed E-state index contributed by atoms with van der Waals surface area (Å²) < 4.78 is 7.51. The molecule has 26 heavy (non-hydrogen) atoms. The lowest BCUT2D eigenvalue weighted by Gasteiger charge is -2.12. The summed E-state index contributed by atoms with van der Waals surface area (Å²) in [6, 6.07) is 16.0. The third-order valence-corrected chi connectivity index (χ3v) is 4.89.